The van der Waals surface area contributed by atoms with E-state index in [1.807, 2.05) is 13.8 Å². The largest absolute Gasteiger partial charge is 0.354 e. The van der Waals surface area contributed by atoms with Crippen LogP contribution in [-0.2, 0) is 22.6 Å². The van der Waals surface area contributed by atoms with E-state index in [1.165, 1.54) is 24.3 Å². The molecule has 1 aliphatic heterocycles. The lowest BCUT2D eigenvalue weighted by Crippen LogP contribution is -2.37. The first-order chi connectivity index (χ1) is 15.8. The number of amides is 3. The molecule has 0 saturated carbocycles. The van der Waals surface area contributed by atoms with Crippen LogP contribution in [0, 0.1) is 31.0 Å². The van der Waals surface area contributed by atoms with E-state index < -0.39 is 11.1 Å². The number of hydrogen-bond donors (Lipinski definition) is 1. The van der Waals surface area contributed by atoms with Crippen LogP contribution >= 0.6 is 11.8 Å². The zero-order valence-corrected chi connectivity index (χ0v) is 19.2. The van der Waals surface area contributed by atoms with Crippen LogP contribution in [-0.4, -0.2) is 44.8 Å². The maximum Gasteiger partial charge on any atom is 0.293 e. The average Bonchev–Trinajstić information content (AvgIpc) is 3.21. The SMILES string of the molecule is Cc1nn(CCC#N)c(C)c1CCC(=O)NCCN1C(=O)S/C(=C\c2ccc(F)cc2)C1=O. The lowest BCUT2D eigenvalue weighted by atomic mass is 10.1. The Labute approximate surface area is 195 Å². The van der Waals surface area contributed by atoms with Crippen molar-refractivity contribution in [1.29, 1.82) is 5.26 Å². The number of aromatic nitrogens is 2. The predicted octanol–water partition coefficient (Wildman–Crippen LogP) is 3.34. The summed E-state index contributed by atoms with van der Waals surface area (Å²) >= 11 is 0.821. The van der Waals surface area contributed by atoms with Gasteiger partial charge in [-0.25, -0.2) is 4.39 Å². The third-order valence-electron chi connectivity index (χ3n) is 5.27. The van der Waals surface area contributed by atoms with Gasteiger partial charge in [0.1, 0.15) is 5.82 Å². The van der Waals surface area contributed by atoms with E-state index in [0.717, 1.165) is 33.6 Å². The maximum absolute atomic E-state index is 13.0. The molecule has 3 amide bonds. The number of nitriles is 1. The smallest absolute Gasteiger partial charge is 0.293 e. The molecule has 0 radical (unpaired) electrons. The molecule has 1 N–H and O–H groups in total. The predicted molar refractivity (Wildman–Crippen MR) is 122 cm³/mol. The third-order valence-corrected chi connectivity index (χ3v) is 6.18. The molecule has 1 aromatic carbocycles. The number of carbonyl (C=O) groups is 3. The Hall–Kier alpha value is -3.45. The first kappa shape index (κ1) is 24.2. The highest BCUT2D eigenvalue weighted by Gasteiger charge is 2.34. The minimum atomic E-state index is -0.431. The fourth-order valence-corrected chi connectivity index (χ4v) is 4.37. The Morgan fingerprint density at radius 3 is 2.67 bits per heavy atom. The summed E-state index contributed by atoms with van der Waals surface area (Å²) in [6, 6.07) is 7.72. The van der Waals surface area contributed by atoms with E-state index in [1.54, 1.807) is 10.8 Å². The highest BCUT2D eigenvalue weighted by Crippen LogP contribution is 2.31. The van der Waals surface area contributed by atoms with Crippen molar-refractivity contribution in [3.63, 3.8) is 0 Å². The quantitative estimate of drug-likeness (QED) is 0.565. The second-order valence-electron chi connectivity index (χ2n) is 7.52. The van der Waals surface area contributed by atoms with E-state index in [-0.39, 0.29) is 36.1 Å². The summed E-state index contributed by atoms with van der Waals surface area (Å²) in [6.07, 6.45) is 2.68. The highest BCUT2D eigenvalue weighted by atomic mass is 32.2. The fourth-order valence-electron chi connectivity index (χ4n) is 3.51. The molecule has 0 atom stereocenters. The molecule has 8 nitrogen and oxygen atoms in total. The zero-order chi connectivity index (χ0) is 24.0. The Bertz CT molecular complexity index is 1130. The number of thioether (sulfide) groups is 1. The number of rotatable bonds is 9. The van der Waals surface area contributed by atoms with E-state index in [4.69, 9.17) is 5.26 Å². The van der Waals surface area contributed by atoms with Gasteiger partial charge in [0.25, 0.3) is 11.1 Å². The molecule has 1 aromatic heterocycles. The topological polar surface area (TPSA) is 108 Å². The number of nitrogens with one attached hydrogen (secondary N) is 1. The number of nitrogens with zero attached hydrogens (tertiary/aromatic N) is 4. The first-order valence-corrected chi connectivity index (χ1v) is 11.3. The van der Waals surface area contributed by atoms with Crippen LogP contribution in [0.1, 0.15) is 35.4 Å². The van der Waals surface area contributed by atoms with Crippen LogP contribution in [0.3, 0.4) is 0 Å². The lowest BCUT2D eigenvalue weighted by Gasteiger charge is -2.13. The highest BCUT2D eigenvalue weighted by molar-refractivity contribution is 8.18. The van der Waals surface area contributed by atoms with Crippen LogP contribution in [0.2, 0.25) is 0 Å². The zero-order valence-electron chi connectivity index (χ0n) is 18.4. The van der Waals surface area contributed by atoms with Gasteiger partial charge in [0, 0.05) is 25.2 Å². The van der Waals surface area contributed by atoms with Gasteiger partial charge in [0.15, 0.2) is 0 Å². The maximum atomic E-state index is 13.0. The molecule has 2 aromatic rings. The van der Waals surface area contributed by atoms with Crippen LogP contribution in [0.15, 0.2) is 29.2 Å². The van der Waals surface area contributed by atoms with Crippen molar-refractivity contribution in [3.05, 3.63) is 57.5 Å². The standard InChI is InChI=1S/C23H24FN5O3S/c1-15-19(16(2)29(27-15)12-3-10-25)8-9-21(30)26-11-13-28-22(31)20(33-23(28)32)14-17-4-6-18(24)7-5-17/h4-7,14H,3,8-9,11-13H2,1-2H3,(H,26,30)/b20-14-. The van der Waals surface area contributed by atoms with E-state index in [9.17, 15) is 18.8 Å². The van der Waals surface area contributed by atoms with Gasteiger partial charge < -0.3 is 5.32 Å². The van der Waals surface area contributed by atoms with Crippen molar-refractivity contribution < 1.29 is 18.8 Å². The van der Waals surface area contributed by atoms with Crippen molar-refractivity contribution in [2.24, 2.45) is 0 Å². The van der Waals surface area contributed by atoms with Gasteiger partial charge in [-0.05, 0) is 61.4 Å². The Morgan fingerprint density at radius 2 is 1.97 bits per heavy atom. The second kappa shape index (κ2) is 10.9. The monoisotopic (exact) mass is 469 g/mol. The summed E-state index contributed by atoms with van der Waals surface area (Å²) in [6.45, 7) is 4.54. The van der Waals surface area contributed by atoms with E-state index >= 15 is 0 Å². The van der Waals surface area contributed by atoms with E-state index in [0.29, 0.717) is 24.9 Å². The number of aryl methyl sites for hydroxylation is 2. The third kappa shape index (κ3) is 6.08. The molecule has 0 spiro atoms. The minimum Gasteiger partial charge on any atom is -0.354 e. The molecule has 1 saturated heterocycles. The van der Waals surface area contributed by atoms with Crippen LogP contribution in [0.4, 0.5) is 9.18 Å². The molecule has 1 aliphatic rings. The van der Waals surface area contributed by atoms with E-state index in [2.05, 4.69) is 16.5 Å². The summed E-state index contributed by atoms with van der Waals surface area (Å²) in [5.41, 5.74) is 3.39. The van der Waals surface area contributed by atoms with Crippen LogP contribution < -0.4 is 5.32 Å². The van der Waals surface area contributed by atoms with Gasteiger partial charge in [-0.15, -0.1) is 0 Å². The summed E-state index contributed by atoms with van der Waals surface area (Å²) in [4.78, 5) is 38.4. The minimum absolute atomic E-state index is 0.0707. The molecular weight excluding hydrogens is 445 g/mol. The molecule has 0 bridgehead atoms. The Morgan fingerprint density at radius 1 is 1.24 bits per heavy atom. The van der Waals surface area contributed by atoms with Gasteiger partial charge in [-0.2, -0.15) is 10.4 Å². The van der Waals surface area contributed by atoms with Crippen molar-refractivity contribution in [1.82, 2.24) is 20.0 Å². The molecule has 3 rings (SSSR count). The molecule has 10 heteroatoms. The molecule has 0 unspecified atom stereocenters. The lowest BCUT2D eigenvalue weighted by molar-refractivity contribution is -0.124. The number of imide groups is 1. The summed E-state index contributed by atoms with van der Waals surface area (Å²) in [5, 5.41) is 15.5. The number of hydrogen-bond acceptors (Lipinski definition) is 6. The van der Waals surface area contributed by atoms with Crippen molar-refractivity contribution >= 4 is 34.9 Å². The van der Waals surface area contributed by atoms with Gasteiger partial charge in [0.05, 0.1) is 29.6 Å². The van der Waals surface area contributed by atoms with Crippen LogP contribution in [0.5, 0.6) is 0 Å². The number of benzene rings is 1. The average molecular weight is 470 g/mol. The summed E-state index contributed by atoms with van der Waals surface area (Å²) < 4.78 is 14.8. The van der Waals surface area contributed by atoms with Gasteiger partial charge >= 0.3 is 0 Å². The van der Waals surface area contributed by atoms with Crippen LogP contribution in [0.25, 0.3) is 6.08 Å². The van der Waals surface area contributed by atoms with Crippen molar-refractivity contribution in [3.8, 4) is 6.07 Å². The number of carbonyl (C=O) groups excluding carboxylic acids is 3. The number of halogens is 1. The Kier molecular flexibility index (Phi) is 8.01. The van der Waals surface area contributed by atoms with Gasteiger partial charge in [0.2, 0.25) is 5.91 Å². The Balaban J connectivity index is 1.48. The molecule has 172 valence electrons. The first-order valence-electron chi connectivity index (χ1n) is 10.5. The summed E-state index contributed by atoms with van der Waals surface area (Å²) in [5.74, 6) is -0.999. The van der Waals surface area contributed by atoms with Crippen molar-refractivity contribution in [2.75, 3.05) is 13.1 Å². The molecule has 2 heterocycles. The molecule has 0 aliphatic carbocycles. The van der Waals surface area contributed by atoms with Crippen molar-refractivity contribution in [2.45, 2.75) is 39.7 Å². The molecule has 1 fully saturated rings. The van der Waals surface area contributed by atoms with Gasteiger partial charge in [-0.3, -0.25) is 24.0 Å². The van der Waals surface area contributed by atoms with Gasteiger partial charge in [-0.1, -0.05) is 12.1 Å². The molecule has 33 heavy (non-hydrogen) atoms. The second-order valence-corrected chi connectivity index (χ2v) is 8.51. The summed E-state index contributed by atoms with van der Waals surface area (Å²) in [7, 11) is 0. The normalized spacial score (nSPS) is 14.7. The molecular formula is C23H24FN5O3S. The fraction of sp³-hybridized carbons (Fsp3) is 0.348.